The lowest BCUT2D eigenvalue weighted by molar-refractivity contribution is -0.137. The van der Waals surface area contributed by atoms with Gasteiger partial charge in [-0.15, -0.1) is 5.10 Å². The highest BCUT2D eigenvalue weighted by Crippen LogP contribution is 2.37. The predicted molar refractivity (Wildman–Crippen MR) is 139 cm³/mol. The Morgan fingerprint density at radius 2 is 1.64 bits per heavy atom. The van der Waals surface area contributed by atoms with Crippen LogP contribution >= 0.6 is 0 Å². The molecule has 1 amide bonds. The molecule has 0 aliphatic rings. The van der Waals surface area contributed by atoms with Crippen molar-refractivity contribution in [1.29, 1.82) is 0 Å². The Kier molecular flexibility index (Phi) is 7.85. The molecule has 0 saturated carbocycles. The molecule has 202 valence electrons. The molecule has 0 aliphatic carbocycles. The van der Waals surface area contributed by atoms with Crippen molar-refractivity contribution in [2.45, 2.75) is 39.0 Å². The number of nitrogens with zero attached hydrogens (tertiary/aromatic N) is 3. The van der Waals surface area contributed by atoms with Crippen molar-refractivity contribution in [3.05, 3.63) is 107 Å². The zero-order valence-electron chi connectivity index (χ0n) is 21.6. The van der Waals surface area contributed by atoms with E-state index >= 15 is 0 Å². The van der Waals surface area contributed by atoms with Gasteiger partial charge in [-0.05, 0) is 55.7 Å². The summed E-state index contributed by atoms with van der Waals surface area (Å²) in [7, 11) is 0. The molecule has 1 heterocycles. The number of benzene rings is 3. The van der Waals surface area contributed by atoms with Crippen LogP contribution < -0.4 is 5.32 Å². The number of aromatic nitrogens is 3. The highest BCUT2D eigenvalue weighted by molar-refractivity contribution is 6.03. The smallest absolute Gasteiger partial charge is 0.417 e. The minimum absolute atomic E-state index is 0.0706. The third-order valence-corrected chi connectivity index (χ3v) is 6.10. The first-order valence-electron chi connectivity index (χ1n) is 12.2. The maximum Gasteiger partial charge on any atom is 0.417 e. The Hall–Kier alpha value is -4.47. The number of rotatable bonds is 8. The quantitative estimate of drug-likeness (QED) is 0.286. The maximum atomic E-state index is 14.1. The lowest BCUT2D eigenvalue weighted by atomic mass is 9.92. The van der Waals surface area contributed by atoms with Crippen molar-refractivity contribution >= 4 is 11.9 Å². The number of ether oxygens (including phenoxy) is 1. The van der Waals surface area contributed by atoms with Gasteiger partial charge in [-0.25, -0.2) is 9.48 Å². The molecule has 39 heavy (non-hydrogen) atoms. The molecular weight excluding hydrogens is 509 g/mol. The second-order valence-electron chi connectivity index (χ2n) is 9.39. The van der Waals surface area contributed by atoms with E-state index in [4.69, 9.17) is 4.74 Å². The van der Waals surface area contributed by atoms with Crippen molar-refractivity contribution < 1.29 is 27.5 Å². The van der Waals surface area contributed by atoms with Gasteiger partial charge in [-0.3, -0.25) is 4.79 Å². The van der Waals surface area contributed by atoms with Crippen LogP contribution in [0.2, 0.25) is 0 Å². The predicted octanol–water partition coefficient (Wildman–Crippen LogP) is 5.85. The fraction of sp³-hybridized carbons (Fsp3) is 0.241. The second kappa shape index (κ2) is 11.1. The monoisotopic (exact) mass is 536 g/mol. The third kappa shape index (κ3) is 6.34. The van der Waals surface area contributed by atoms with Crippen LogP contribution in [0.1, 0.15) is 58.3 Å². The maximum absolute atomic E-state index is 14.1. The molecule has 7 nitrogen and oxygen atoms in total. The van der Waals surface area contributed by atoms with Crippen molar-refractivity contribution in [2.75, 3.05) is 6.61 Å². The van der Waals surface area contributed by atoms with Gasteiger partial charge in [-0.1, -0.05) is 59.8 Å². The largest absolute Gasteiger partial charge is 0.462 e. The van der Waals surface area contributed by atoms with Crippen molar-refractivity contribution in [1.82, 2.24) is 20.3 Å². The molecule has 4 rings (SSSR count). The zero-order chi connectivity index (χ0) is 28.2. The summed E-state index contributed by atoms with van der Waals surface area (Å²) >= 11 is 0. The standard InChI is InChI=1S/C29H27F3N4O3/c1-4-39-27(38)21-15-13-20(14-16-21)22-11-8-12-23(29(30,31)32)25(22)26(37)33-28(2,3)24-18-36(35-34-24)17-19-9-6-5-7-10-19/h5-16,18H,4,17H2,1-3H3,(H,33,37). The molecule has 0 saturated heterocycles. The first-order valence-corrected chi connectivity index (χ1v) is 12.2. The molecule has 1 N–H and O–H groups in total. The van der Waals surface area contributed by atoms with Crippen LogP contribution in [0.15, 0.2) is 79.0 Å². The summed E-state index contributed by atoms with van der Waals surface area (Å²) < 4.78 is 48.7. The summed E-state index contributed by atoms with van der Waals surface area (Å²) in [6.45, 7) is 5.59. The molecule has 0 bridgehead atoms. The number of carbonyl (C=O) groups is 2. The molecule has 3 aromatic carbocycles. The normalized spacial score (nSPS) is 11.7. The van der Waals surface area contributed by atoms with Gasteiger partial charge >= 0.3 is 12.1 Å². The number of nitrogens with one attached hydrogen (secondary N) is 1. The molecule has 0 radical (unpaired) electrons. The van der Waals surface area contributed by atoms with Crippen LogP contribution in [-0.2, 0) is 23.0 Å². The van der Waals surface area contributed by atoms with Crippen LogP contribution in [0.4, 0.5) is 13.2 Å². The molecule has 1 aromatic heterocycles. The summed E-state index contributed by atoms with van der Waals surface area (Å²) in [6, 6.07) is 19.0. The summed E-state index contributed by atoms with van der Waals surface area (Å²) in [5.74, 6) is -1.47. The number of amides is 1. The fourth-order valence-electron chi connectivity index (χ4n) is 4.12. The number of esters is 1. The second-order valence-corrected chi connectivity index (χ2v) is 9.39. The Morgan fingerprint density at radius 1 is 0.949 bits per heavy atom. The van der Waals surface area contributed by atoms with E-state index in [0.717, 1.165) is 11.6 Å². The first-order chi connectivity index (χ1) is 18.5. The summed E-state index contributed by atoms with van der Waals surface area (Å²) in [6.07, 6.45) is -3.13. The average molecular weight is 537 g/mol. The molecule has 0 aliphatic heterocycles. The van der Waals surface area contributed by atoms with Gasteiger partial charge in [0.1, 0.15) is 5.69 Å². The topological polar surface area (TPSA) is 86.1 Å². The van der Waals surface area contributed by atoms with Gasteiger partial charge in [0, 0.05) is 0 Å². The van der Waals surface area contributed by atoms with E-state index in [1.54, 1.807) is 31.6 Å². The van der Waals surface area contributed by atoms with Gasteiger partial charge in [0.2, 0.25) is 0 Å². The van der Waals surface area contributed by atoms with Crippen LogP contribution in [0.5, 0.6) is 0 Å². The highest BCUT2D eigenvalue weighted by atomic mass is 19.4. The Bertz CT molecular complexity index is 1460. The molecule has 0 spiro atoms. The number of carbonyl (C=O) groups excluding carboxylic acids is 2. The van der Waals surface area contributed by atoms with E-state index in [0.29, 0.717) is 17.8 Å². The van der Waals surface area contributed by atoms with E-state index in [1.165, 1.54) is 36.4 Å². The summed E-state index contributed by atoms with van der Waals surface area (Å²) in [5.41, 5.74) is -0.708. The Labute approximate surface area is 223 Å². The molecule has 0 unspecified atom stereocenters. The minimum atomic E-state index is -4.78. The summed E-state index contributed by atoms with van der Waals surface area (Å²) in [5, 5.41) is 11.0. The van der Waals surface area contributed by atoms with E-state index in [1.807, 2.05) is 30.3 Å². The van der Waals surface area contributed by atoms with Crippen LogP contribution in [0.3, 0.4) is 0 Å². The number of hydrogen-bond donors (Lipinski definition) is 1. The number of halogens is 3. The number of alkyl halides is 3. The summed E-state index contributed by atoms with van der Waals surface area (Å²) in [4.78, 5) is 25.5. The lowest BCUT2D eigenvalue weighted by Gasteiger charge is -2.26. The van der Waals surface area contributed by atoms with Crippen LogP contribution in [0.25, 0.3) is 11.1 Å². The van der Waals surface area contributed by atoms with Gasteiger partial charge in [-0.2, -0.15) is 13.2 Å². The van der Waals surface area contributed by atoms with Gasteiger partial charge in [0.05, 0.1) is 41.6 Å². The van der Waals surface area contributed by atoms with Gasteiger partial charge in [0.15, 0.2) is 0 Å². The zero-order valence-corrected chi connectivity index (χ0v) is 21.6. The van der Waals surface area contributed by atoms with Crippen molar-refractivity contribution in [3.63, 3.8) is 0 Å². The van der Waals surface area contributed by atoms with E-state index in [-0.39, 0.29) is 17.7 Å². The lowest BCUT2D eigenvalue weighted by Crippen LogP contribution is -2.42. The molecule has 10 heteroatoms. The molecule has 4 aromatic rings. The van der Waals surface area contributed by atoms with Crippen molar-refractivity contribution in [3.8, 4) is 11.1 Å². The van der Waals surface area contributed by atoms with Crippen LogP contribution in [-0.4, -0.2) is 33.5 Å². The Balaban J connectivity index is 1.66. The molecule has 0 atom stereocenters. The number of hydrogen-bond acceptors (Lipinski definition) is 5. The third-order valence-electron chi connectivity index (χ3n) is 6.10. The van der Waals surface area contributed by atoms with E-state index < -0.39 is 34.7 Å². The van der Waals surface area contributed by atoms with Gasteiger partial charge < -0.3 is 10.1 Å². The molecule has 0 fully saturated rings. The van der Waals surface area contributed by atoms with Gasteiger partial charge in [0.25, 0.3) is 5.91 Å². The molecular formula is C29H27F3N4O3. The fourth-order valence-corrected chi connectivity index (χ4v) is 4.12. The van der Waals surface area contributed by atoms with E-state index in [9.17, 15) is 22.8 Å². The van der Waals surface area contributed by atoms with E-state index in [2.05, 4.69) is 15.6 Å². The minimum Gasteiger partial charge on any atom is -0.462 e. The Morgan fingerprint density at radius 3 is 2.28 bits per heavy atom. The highest BCUT2D eigenvalue weighted by Gasteiger charge is 2.38. The SMILES string of the molecule is CCOC(=O)c1ccc(-c2cccc(C(F)(F)F)c2C(=O)NC(C)(C)c2cn(Cc3ccccc3)nn2)cc1. The van der Waals surface area contributed by atoms with Crippen LogP contribution in [0, 0.1) is 0 Å². The average Bonchev–Trinajstić information content (AvgIpc) is 3.38. The first kappa shape index (κ1) is 27.6. The van der Waals surface area contributed by atoms with Crippen molar-refractivity contribution in [2.24, 2.45) is 0 Å².